The van der Waals surface area contributed by atoms with Gasteiger partial charge in [-0.25, -0.2) is 0 Å². The Hall–Kier alpha value is -3.28. The Bertz CT molecular complexity index is 987. The lowest BCUT2D eigenvalue weighted by molar-refractivity contribution is 0.0944. The quantitative estimate of drug-likeness (QED) is 0.635. The zero-order valence-corrected chi connectivity index (χ0v) is 15.6. The van der Waals surface area contributed by atoms with Gasteiger partial charge in [0.1, 0.15) is 0 Å². The standard InChI is InChI=1S/C22H21N3O3/c1-2-19-24-25-20(28-19)13-23-22(27)18-11-5-15(6-12-18)14-3-7-16(8-4-14)21(26)17-9-10-17/h3-8,11-12,17H,2,9-10,13H2,1H3,(H,23,27). The summed E-state index contributed by atoms with van der Waals surface area (Å²) in [6.45, 7) is 2.13. The Morgan fingerprint density at radius 2 is 1.50 bits per heavy atom. The molecule has 142 valence electrons. The summed E-state index contributed by atoms with van der Waals surface area (Å²) in [5.74, 6) is 1.21. The number of benzene rings is 2. The number of aryl methyl sites for hydroxylation is 1. The van der Waals surface area contributed by atoms with Gasteiger partial charge in [-0.2, -0.15) is 0 Å². The fourth-order valence-corrected chi connectivity index (χ4v) is 2.98. The molecule has 0 spiro atoms. The van der Waals surface area contributed by atoms with Gasteiger partial charge >= 0.3 is 0 Å². The predicted molar refractivity (Wildman–Crippen MR) is 104 cm³/mol. The fraction of sp³-hybridized carbons (Fsp3) is 0.273. The van der Waals surface area contributed by atoms with Gasteiger partial charge in [-0.05, 0) is 36.1 Å². The van der Waals surface area contributed by atoms with E-state index in [-0.39, 0.29) is 24.2 Å². The zero-order valence-electron chi connectivity index (χ0n) is 15.6. The van der Waals surface area contributed by atoms with Gasteiger partial charge in [-0.3, -0.25) is 9.59 Å². The van der Waals surface area contributed by atoms with E-state index in [0.29, 0.717) is 23.8 Å². The lowest BCUT2D eigenvalue weighted by atomic mass is 10.00. The van der Waals surface area contributed by atoms with Crippen LogP contribution in [0.15, 0.2) is 52.9 Å². The van der Waals surface area contributed by atoms with Crippen molar-refractivity contribution in [3.05, 3.63) is 71.4 Å². The van der Waals surface area contributed by atoms with Crippen molar-refractivity contribution in [3.63, 3.8) is 0 Å². The highest BCUT2D eigenvalue weighted by Crippen LogP contribution is 2.33. The van der Waals surface area contributed by atoms with Crippen LogP contribution in [0.3, 0.4) is 0 Å². The van der Waals surface area contributed by atoms with Gasteiger partial charge in [0.2, 0.25) is 11.8 Å². The summed E-state index contributed by atoms with van der Waals surface area (Å²) in [5, 5.41) is 10.5. The van der Waals surface area contributed by atoms with Crippen molar-refractivity contribution in [1.29, 1.82) is 0 Å². The molecular formula is C22H21N3O3. The molecule has 6 nitrogen and oxygen atoms in total. The Labute approximate surface area is 163 Å². The number of rotatable bonds is 7. The summed E-state index contributed by atoms with van der Waals surface area (Å²) < 4.78 is 5.38. The lowest BCUT2D eigenvalue weighted by Crippen LogP contribution is -2.22. The number of nitrogens with zero attached hydrogens (tertiary/aromatic N) is 2. The number of amides is 1. The number of nitrogens with one attached hydrogen (secondary N) is 1. The van der Waals surface area contributed by atoms with Crippen LogP contribution >= 0.6 is 0 Å². The molecular weight excluding hydrogens is 354 g/mol. The van der Waals surface area contributed by atoms with Crippen LogP contribution in [-0.2, 0) is 13.0 Å². The van der Waals surface area contributed by atoms with Crippen LogP contribution in [-0.4, -0.2) is 21.9 Å². The Kier molecular flexibility index (Phi) is 5.02. The molecule has 3 aromatic rings. The predicted octanol–water partition coefficient (Wildman–Crippen LogP) is 3.82. The normalized spacial score (nSPS) is 13.3. The van der Waals surface area contributed by atoms with Gasteiger partial charge in [0.05, 0.1) is 6.54 Å². The van der Waals surface area contributed by atoms with E-state index in [1.54, 1.807) is 12.1 Å². The topological polar surface area (TPSA) is 85.1 Å². The van der Waals surface area contributed by atoms with Gasteiger partial charge in [0.25, 0.3) is 5.91 Å². The third kappa shape index (κ3) is 4.01. The highest BCUT2D eigenvalue weighted by molar-refractivity contribution is 5.99. The first-order chi connectivity index (χ1) is 13.6. The summed E-state index contributed by atoms with van der Waals surface area (Å²) in [5.41, 5.74) is 3.33. The molecule has 1 aliphatic carbocycles. The Morgan fingerprint density at radius 1 is 0.929 bits per heavy atom. The Morgan fingerprint density at radius 3 is 2.04 bits per heavy atom. The van der Waals surface area contributed by atoms with E-state index in [1.165, 1.54) is 0 Å². The molecule has 0 atom stereocenters. The fourth-order valence-electron chi connectivity index (χ4n) is 2.98. The maximum absolute atomic E-state index is 12.3. The first-order valence-corrected chi connectivity index (χ1v) is 9.48. The molecule has 1 saturated carbocycles. The highest BCUT2D eigenvalue weighted by atomic mass is 16.4. The third-order valence-corrected chi connectivity index (χ3v) is 4.81. The van der Waals surface area contributed by atoms with Crippen LogP contribution in [0, 0.1) is 5.92 Å². The van der Waals surface area contributed by atoms with Crippen LogP contribution < -0.4 is 5.32 Å². The summed E-state index contributed by atoms with van der Waals surface area (Å²) >= 11 is 0. The summed E-state index contributed by atoms with van der Waals surface area (Å²) in [6, 6.07) is 15.0. The van der Waals surface area contributed by atoms with Crippen molar-refractivity contribution < 1.29 is 14.0 Å². The van der Waals surface area contributed by atoms with Crippen LogP contribution in [0.2, 0.25) is 0 Å². The smallest absolute Gasteiger partial charge is 0.251 e. The molecule has 1 aliphatic rings. The van der Waals surface area contributed by atoms with E-state index in [1.807, 2.05) is 43.3 Å². The van der Waals surface area contributed by atoms with E-state index < -0.39 is 0 Å². The molecule has 0 unspecified atom stereocenters. The van der Waals surface area contributed by atoms with E-state index >= 15 is 0 Å². The average molecular weight is 375 g/mol. The van der Waals surface area contributed by atoms with Crippen molar-refractivity contribution in [2.24, 2.45) is 5.92 Å². The van der Waals surface area contributed by atoms with E-state index in [0.717, 1.165) is 29.5 Å². The molecule has 28 heavy (non-hydrogen) atoms. The maximum Gasteiger partial charge on any atom is 0.251 e. The first kappa shape index (κ1) is 18.1. The average Bonchev–Trinajstić information content (AvgIpc) is 3.50. The number of carbonyl (C=O) groups is 2. The number of carbonyl (C=O) groups excluding carboxylic acids is 2. The van der Waals surface area contributed by atoms with Crippen molar-refractivity contribution in [2.75, 3.05) is 0 Å². The molecule has 0 saturated heterocycles. The highest BCUT2D eigenvalue weighted by Gasteiger charge is 2.30. The van der Waals surface area contributed by atoms with E-state index in [9.17, 15) is 9.59 Å². The first-order valence-electron chi connectivity index (χ1n) is 9.48. The second-order valence-electron chi connectivity index (χ2n) is 6.92. The van der Waals surface area contributed by atoms with Gasteiger partial charge in [0.15, 0.2) is 5.78 Å². The minimum absolute atomic E-state index is 0.198. The van der Waals surface area contributed by atoms with Crippen molar-refractivity contribution in [2.45, 2.75) is 32.7 Å². The number of aromatic nitrogens is 2. The van der Waals surface area contributed by atoms with Gasteiger partial charge < -0.3 is 9.73 Å². The molecule has 1 fully saturated rings. The lowest BCUT2D eigenvalue weighted by Gasteiger charge is -2.06. The van der Waals surface area contributed by atoms with Crippen LogP contribution in [0.25, 0.3) is 11.1 Å². The van der Waals surface area contributed by atoms with Crippen molar-refractivity contribution in [1.82, 2.24) is 15.5 Å². The zero-order chi connectivity index (χ0) is 19.5. The molecule has 6 heteroatoms. The molecule has 1 heterocycles. The maximum atomic E-state index is 12.3. The largest absolute Gasteiger partial charge is 0.423 e. The third-order valence-electron chi connectivity index (χ3n) is 4.81. The second kappa shape index (κ2) is 7.76. The SMILES string of the molecule is CCc1nnc(CNC(=O)c2ccc(-c3ccc(C(=O)C4CC4)cc3)cc2)o1. The molecule has 1 aromatic heterocycles. The van der Waals surface area contributed by atoms with Gasteiger partial charge in [-0.15, -0.1) is 10.2 Å². The van der Waals surface area contributed by atoms with Crippen molar-refractivity contribution >= 4 is 11.7 Å². The monoisotopic (exact) mass is 375 g/mol. The molecule has 0 aliphatic heterocycles. The number of hydrogen-bond acceptors (Lipinski definition) is 5. The number of hydrogen-bond donors (Lipinski definition) is 1. The van der Waals surface area contributed by atoms with Crippen LogP contribution in [0.1, 0.15) is 52.3 Å². The number of ketones is 1. The molecule has 1 N–H and O–H groups in total. The molecule has 2 aromatic carbocycles. The summed E-state index contributed by atoms with van der Waals surface area (Å²) in [4.78, 5) is 24.4. The second-order valence-corrected chi connectivity index (χ2v) is 6.92. The molecule has 0 bridgehead atoms. The minimum Gasteiger partial charge on any atom is -0.423 e. The molecule has 4 rings (SSSR count). The van der Waals surface area contributed by atoms with E-state index in [2.05, 4.69) is 15.5 Å². The summed E-state index contributed by atoms with van der Waals surface area (Å²) in [7, 11) is 0. The van der Waals surface area contributed by atoms with Crippen LogP contribution in [0.4, 0.5) is 0 Å². The number of Topliss-reactive ketones (excluding diaryl/α,β-unsaturated/α-hetero) is 1. The summed E-state index contributed by atoms with van der Waals surface area (Å²) in [6.07, 6.45) is 2.69. The van der Waals surface area contributed by atoms with Crippen molar-refractivity contribution in [3.8, 4) is 11.1 Å². The van der Waals surface area contributed by atoms with E-state index in [4.69, 9.17) is 4.42 Å². The minimum atomic E-state index is -0.201. The Balaban J connectivity index is 1.38. The molecule has 1 amide bonds. The van der Waals surface area contributed by atoms with Gasteiger partial charge in [0, 0.05) is 23.5 Å². The van der Waals surface area contributed by atoms with Gasteiger partial charge in [-0.1, -0.05) is 43.3 Å². The molecule has 0 radical (unpaired) electrons. The van der Waals surface area contributed by atoms with Crippen LogP contribution in [0.5, 0.6) is 0 Å².